The number of fused-ring (bicyclic) bond motifs is 1. The van der Waals surface area contributed by atoms with Crippen LogP contribution in [0.1, 0.15) is 79.6 Å². The number of hydrogen-bond acceptors (Lipinski definition) is 5. The van der Waals surface area contributed by atoms with Gasteiger partial charge in [0.25, 0.3) is 5.91 Å². The van der Waals surface area contributed by atoms with E-state index >= 15 is 0 Å². The van der Waals surface area contributed by atoms with Gasteiger partial charge in [0.15, 0.2) is 0 Å². The Kier molecular flexibility index (Phi) is 11.1. The fourth-order valence-corrected chi connectivity index (χ4v) is 8.08. The molecular formula is C38H46BrN5O4. The van der Waals surface area contributed by atoms with Crippen molar-refractivity contribution in [2.24, 2.45) is 5.92 Å². The minimum absolute atomic E-state index is 0.0429. The molecule has 2 aliphatic heterocycles. The number of piperidine rings is 1. The molecule has 9 nitrogen and oxygen atoms in total. The van der Waals surface area contributed by atoms with Crippen molar-refractivity contribution in [1.29, 1.82) is 0 Å². The SMILES string of the molecule is O=C(CCNC(=O)C1(NC(=O)c2ccc3cc(Br)ccc3c2)CCCC1)NCC(c1ccccc1)C1CCN(C(=O)[C@@H]2CCCN2)CC1. The number of halogens is 1. The third kappa shape index (κ3) is 8.09. The normalized spacial score (nSPS) is 19.9. The monoisotopic (exact) mass is 715 g/mol. The number of amides is 4. The summed E-state index contributed by atoms with van der Waals surface area (Å²) in [6.07, 6.45) is 6.75. The van der Waals surface area contributed by atoms with E-state index in [1.807, 2.05) is 53.4 Å². The zero-order valence-corrected chi connectivity index (χ0v) is 29.0. The second-order valence-electron chi connectivity index (χ2n) is 13.6. The molecule has 0 aromatic heterocycles. The third-order valence-corrected chi connectivity index (χ3v) is 11.0. The lowest BCUT2D eigenvalue weighted by Gasteiger charge is -2.37. The molecule has 2 saturated heterocycles. The van der Waals surface area contributed by atoms with Gasteiger partial charge in [0.05, 0.1) is 6.04 Å². The number of hydrogen-bond donors (Lipinski definition) is 4. The van der Waals surface area contributed by atoms with Crippen LogP contribution in [0.5, 0.6) is 0 Å². The first-order chi connectivity index (χ1) is 23.3. The van der Waals surface area contributed by atoms with Crippen molar-refractivity contribution in [3.8, 4) is 0 Å². The zero-order chi connectivity index (χ0) is 33.5. The molecule has 0 bridgehead atoms. The van der Waals surface area contributed by atoms with Crippen LogP contribution < -0.4 is 21.3 Å². The van der Waals surface area contributed by atoms with E-state index in [1.165, 1.54) is 5.56 Å². The van der Waals surface area contributed by atoms with Gasteiger partial charge < -0.3 is 26.2 Å². The molecule has 3 aliphatic rings. The zero-order valence-electron chi connectivity index (χ0n) is 27.4. The summed E-state index contributed by atoms with van der Waals surface area (Å²) in [6.45, 7) is 3.08. The Balaban J connectivity index is 1.00. The number of benzene rings is 3. The summed E-state index contributed by atoms with van der Waals surface area (Å²) in [4.78, 5) is 54.8. The van der Waals surface area contributed by atoms with E-state index in [-0.39, 0.29) is 48.6 Å². The van der Waals surface area contributed by atoms with Gasteiger partial charge in [0.1, 0.15) is 5.54 Å². The highest BCUT2D eigenvalue weighted by molar-refractivity contribution is 9.10. The molecule has 254 valence electrons. The Bertz CT molecular complexity index is 1610. The quantitative estimate of drug-likeness (QED) is 0.222. The molecule has 48 heavy (non-hydrogen) atoms. The van der Waals surface area contributed by atoms with Crippen LogP contribution in [0.2, 0.25) is 0 Å². The van der Waals surface area contributed by atoms with Crippen LogP contribution in [0, 0.1) is 5.92 Å². The van der Waals surface area contributed by atoms with Gasteiger partial charge in [0.2, 0.25) is 17.7 Å². The van der Waals surface area contributed by atoms with Crippen LogP contribution >= 0.6 is 15.9 Å². The standard InChI is InChI=1S/C38H46BrN5O4/c39-31-13-12-28-23-30(11-10-29(28)24-31)35(46)43-38(17-4-5-18-38)37(48)41-20-14-34(45)42-25-32(26-7-2-1-3-8-26)27-15-21-44(22-16-27)36(47)33-9-6-19-40-33/h1-3,7-8,10-13,23-24,27,32-33,40H,4-6,9,14-22,25H2,(H,41,48)(H,42,45)(H,43,46)/t32?,33-/m0/s1. The first-order valence-corrected chi connectivity index (χ1v) is 18.2. The van der Waals surface area contributed by atoms with Crippen molar-refractivity contribution in [3.63, 3.8) is 0 Å². The van der Waals surface area contributed by atoms with E-state index in [0.29, 0.717) is 30.9 Å². The molecule has 1 unspecified atom stereocenters. The first-order valence-electron chi connectivity index (χ1n) is 17.5. The molecule has 3 fully saturated rings. The lowest BCUT2D eigenvalue weighted by atomic mass is 9.79. The summed E-state index contributed by atoms with van der Waals surface area (Å²) < 4.78 is 0.973. The fraction of sp³-hybridized carbons (Fsp3) is 0.474. The molecule has 0 spiro atoms. The summed E-state index contributed by atoms with van der Waals surface area (Å²) in [6, 6.07) is 21.7. The lowest BCUT2D eigenvalue weighted by molar-refractivity contribution is -0.134. The average Bonchev–Trinajstić information content (AvgIpc) is 3.82. The molecule has 4 N–H and O–H groups in total. The van der Waals surface area contributed by atoms with Crippen molar-refractivity contribution in [3.05, 3.63) is 82.3 Å². The lowest BCUT2D eigenvalue weighted by Crippen LogP contribution is -2.57. The average molecular weight is 717 g/mol. The maximum Gasteiger partial charge on any atom is 0.252 e. The highest BCUT2D eigenvalue weighted by Crippen LogP contribution is 2.33. The Labute approximate surface area is 291 Å². The molecule has 2 heterocycles. The number of likely N-dealkylation sites (tertiary alicyclic amines) is 1. The van der Waals surface area contributed by atoms with Gasteiger partial charge in [-0.15, -0.1) is 0 Å². The molecule has 3 aromatic carbocycles. The van der Waals surface area contributed by atoms with Crippen LogP contribution in [0.3, 0.4) is 0 Å². The largest absolute Gasteiger partial charge is 0.355 e. The molecule has 4 amide bonds. The predicted molar refractivity (Wildman–Crippen MR) is 190 cm³/mol. The number of rotatable bonds is 11. The number of nitrogens with one attached hydrogen (secondary N) is 4. The summed E-state index contributed by atoms with van der Waals surface area (Å²) in [5.41, 5.74) is 0.718. The van der Waals surface area contributed by atoms with Gasteiger partial charge >= 0.3 is 0 Å². The molecule has 10 heteroatoms. The predicted octanol–water partition coefficient (Wildman–Crippen LogP) is 5.04. The van der Waals surface area contributed by atoms with Crippen LogP contribution in [-0.4, -0.2) is 72.8 Å². The van der Waals surface area contributed by atoms with Crippen LogP contribution in [-0.2, 0) is 14.4 Å². The van der Waals surface area contributed by atoms with Crippen molar-refractivity contribution in [2.75, 3.05) is 32.7 Å². The molecule has 1 aliphatic carbocycles. The second-order valence-corrected chi connectivity index (χ2v) is 14.5. The molecule has 0 radical (unpaired) electrons. The number of carbonyl (C=O) groups is 4. The summed E-state index contributed by atoms with van der Waals surface area (Å²) >= 11 is 3.48. The van der Waals surface area contributed by atoms with E-state index in [9.17, 15) is 19.2 Å². The Morgan fingerprint density at radius 3 is 2.33 bits per heavy atom. The molecule has 3 aromatic rings. The Hall–Kier alpha value is -3.76. The van der Waals surface area contributed by atoms with E-state index in [0.717, 1.165) is 73.4 Å². The third-order valence-electron chi connectivity index (χ3n) is 10.5. The van der Waals surface area contributed by atoms with E-state index in [1.54, 1.807) is 6.07 Å². The van der Waals surface area contributed by atoms with E-state index < -0.39 is 5.54 Å². The van der Waals surface area contributed by atoms with Crippen molar-refractivity contribution in [1.82, 2.24) is 26.2 Å². The Morgan fingerprint density at radius 1 is 0.875 bits per heavy atom. The maximum atomic E-state index is 13.5. The van der Waals surface area contributed by atoms with Crippen molar-refractivity contribution < 1.29 is 19.2 Å². The highest BCUT2D eigenvalue weighted by Gasteiger charge is 2.42. The second kappa shape index (κ2) is 15.6. The van der Waals surface area contributed by atoms with Crippen LogP contribution in [0.25, 0.3) is 10.8 Å². The van der Waals surface area contributed by atoms with Gasteiger partial charge in [-0.3, -0.25) is 19.2 Å². The van der Waals surface area contributed by atoms with E-state index in [4.69, 9.17) is 0 Å². The summed E-state index contributed by atoms with van der Waals surface area (Å²) in [7, 11) is 0. The van der Waals surface area contributed by atoms with Crippen LogP contribution in [0.15, 0.2) is 71.2 Å². The topological polar surface area (TPSA) is 120 Å². The summed E-state index contributed by atoms with van der Waals surface area (Å²) in [5.74, 6) is 0.0832. The minimum Gasteiger partial charge on any atom is -0.355 e. The Morgan fingerprint density at radius 2 is 1.60 bits per heavy atom. The summed E-state index contributed by atoms with van der Waals surface area (Å²) in [5, 5.41) is 14.4. The van der Waals surface area contributed by atoms with Gasteiger partial charge in [-0.05, 0) is 91.6 Å². The fourth-order valence-electron chi connectivity index (χ4n) is 7.70. The number of carbonyl (C=O) groups excluding carboxylic acids is 4. The van der Waals surface area contributed by atoms with Crippen molar-refractivity contribution in [2.45, 2.75) is 75.3 Å². The van der Waals surface area contributed by atoms with Gasteiger partial charge in [-0.2, -0.15) is 0 Å². The van der Waals surface area contributed by atoms with Gasteiger partial charge in [0, 0.05) is 48.6 Å². The van der Waals surface area contributed by atoms with E-state index in [2.05, 4.69) is 49.3 Å². The maximum absolute atomic E-state index is 13.5. The van der Waals surface area contributed by atoms with Gasteiger partial charge in [-0.1, -0.05) is 71.2 Å². The first kappa shape index (κ1) is 34.1. The van der Waals surface area contributed by atoms with Crippen molar-refractivity contribution >= 4 is 50.3 Å². The molecule has 6 rings (SSSR count). The highest BCUT2D eigenvalue weighted by atomic mass is 79.9. The molecule has 1 saturated carbocycles. The van der Waals surface area contributed by atoms with Gasteiger partial charge in [-0.25, -0.2) is 0 Å². The smallest absolute Gasteiger partial charge is 0.252 e. The molecule has 2 atom stereocenters. The number of nitrogens with zero attached hydrogens (tertiary/aromatic N) is 1. The van der Waals surface area contributed by atoms with Crippen LogP contribution in [0.4, 0.5) is 0 Å². The minimum atomic E-state index is -0.981. The molecular weight excluding hydrogens is 670 g/mol.